The SMILES string of the molecule is COc1ccc(/C=C2/NCCC(=O)/C2=C/c2ccc(OC)c(OC)c2)cc1OC. The highest BCUT2D eigenvalue weighted by Gasteiger charge is 2.20. The summed E-state index contributed by atoms with van der Waals surface area (Å²) in [6.07, 6.45) is 4.25. The van der Waals surface area contributed by atoms with E-state index in [1.807, 2.05) is 48.6 Å². The molecule has 1 aliphatic heterocycles. The van der Waals surface area contributed by atoms with Gasteiger partial charge in [-0.05, 0) is 47.5 Å². The number of ketones is 1. The minimum atomic E-state index is 0.0882. The number of methoxy groups -OCH3 is 4. The van der Waals surface area contributed by atoms with E-state index in [0.29, 0.717) is 41.5 Å². The summed E-state index contributed by atoms with van der Waals surface area (Å²) in [4.78, 5) is 12.7. The van der Waals surface area contributed by atoms with E-state index in [4.69, 9.17) is 18.9 Å². The fourth-order valence-electron chi connectivity index (χ4n) is 3.20. The molecule has 0 aromatic heterocycles. The van der Waals surface area contributed by atoms with Crippen molar-refractivity contribution in [3.8, 4) is 23.0 Å². The number of rotatable bonds is 6. The molecule has 0 bridgehead atoms. The molecular formula is C23H25NO5. The van der Waals surface area contributed by atoms with Crippen LogP contribution in [0.1, 0.15) is 17.5 Å². The van der Waals surface area contributed by atoms with Crippen LogP contribution >= 0.6 is 0 Å². The van der Waals surface area contributed by atoms with Gasteiger partial charge in [-0.15, -0.1) is 0 Å². The average molecular weight is 395 g/mol. The number of Topliss-reactive ketones (excluding diaryl/α,β-unsaturated/α-hetero) is 1. The van der Waals surface area contributed by atoms with Gasteiger partial charge in [-0.2, -0.15) is 0 Å². The van der Waals surface area contributed by atoms with Crippen molar-refractivity contribution < 1.29 is 23.7 Å². The highest BCUT2D eigenvalue weighted by atomic mass is 16.5. The van der Waals surface area contributed by atoms with Gasteiger partial charge < -0.3 is 24.3 Å². The average Bonchev–Trinajstić information content (AvgIpc) is 2.75. The first-order chi connectivity index (χ1) is 14.1. The second-order valence-corrected chi connectivity index (χ2v) is 6.44. The van der Waals surface area contributed by atoms with Gasteiger partial charge in [0.2, 0.25) is 0 Å². The number of allylic oxidation sites excluding steroid dienone is 1. The van der Waals surface area contributed by atoms with Crippen LogP contribution in [0.4, 0.5) is 0 Å². The molecular weight excluding hydrogens is 370 g/mol. The summed E-state index contributed by atoms with van der Waals surface area (Å²) in [5.74, 6) is 2.63. The Morgan fingerprint density at radius 3 is 1.79 bits per heavy atom. The molecule has 3 rings (SSSR count). The van der Waals surface area contributed by atoms with E-state index < -0.39 is 0 Å². The Labute approximate surface area is 170 Å². The smallest absolute Gasteiger partial charge is 0.166 e. The molecule has 2 aromatic rings. The van der Waals surface area contributed by atoms with Crippen LogP contribution in [-0.2, 0) is 4.79 Å². The van der Waals surface area contributed by atoms with Crippen LogP contribution in [0.3, 0.4) is 0 Å². The van der Waals surface area contributed by atoms with Crippen molar-refractivity contribution in [3.63, 3.8) is 0 Å². The lowest BCUT2D eigenvalue weighted by Gasteiger charge is -2.20. The normalized spacial score (nSPS) is 16.5. The molecule has 0 unspecified atom stereocenters. The van der Waals surface area contributed by atoms with Crippen molar-refractivity contribution in [1.82, 2.24) is 5.32 Å². The van der Waals surface area contributed by atoms with E-state index in [2.05, 4.69) is 5.32 Å². The first kappa shape index (κ1) is 20.3. The van der Waals surface area contributed by atoms with Crippen molar-refractivity contribution in [1.29, 1.82) is 0 Å². The predicted octanol–water partition coefficient (Wildman–Crippen LogP) is 3.71. The second-order valence-electron chi connectivity index (χ2n) is 6.44. The maximum absolute atomic E-state index is 12.7. The van der Waals surface area contributed by atoms with Gasteiger partial charge in [-0.1, -0.05) is 12.1 Å². The predicted molar refractivity (Wildman–Crippen MR) is 113 cm³/mol. The number of carbonyl (C=O) groups excluding carboxylic acids is 1. The van der Waals surface area contributed by atoms with Gasteiger partial charge in [-0.25, -0.2) is 0 Å². The molecule has 6 nitrogen and oxygen atoms in total. The fraction of sp³-hybridized carbons (Fsp3) is 0.261. The molecule has 1 heterocycles. The van der Waals surface area contributed by atoms with Crippen molar-refractivity contribution in [2.45, 2.75) is 6.42 Å². The molecule has 0 radical (unpaired) electrons. The molecule has 0 saturated carbocycles. The molecule has 1 N–H and O–H groups in total. The largest absolute Gasteiger partial charge is 0.493 e. The van der Waals surface area contributed by atoms with Crippen LogP contribution < -0.4 is 24.3 Å². The Balaban J connectivity index is 2.01. The standard InChI is InChI=1S/C23H25NO5/c1-26-20-7-5-15(13-22(20)28-3)11-17-18(24-10-9-19(17)25)12-16-6-8-21(27-2)23(14-16)29-4/h5-8,11-14,24H,9-10H2,1-4H3/b17-11+,18-12+. The highest BCUT2D eigenvalue weighted by Crippen LogP contribution is 2.31. The number of ether oxygens (including phenoxy) is 4. The van der Waals surface area contributed by atoms with E-state index in [1.165, 1.54) is 0 Å². The van der Waals surface area contributed by atoms with E-state index >= 15 is 0 Å². The van der Waals surface area contributed by atoms with Gasteiger partial charge in [0.05, 0.1) is 28.4 Å². The van der Waals surface area contributed by atoms with Crippen molar-refractivity contribution >= 4 is 17.9 Å². The van der Waals surface area contributed by atoms with Crippen LogP contribution in [0.25, 0.3) is 12.2 Å². The monoisotopic (exact) mass is 395 g/mol. The maximum Gasteiger partial charge on any atom is 0.166 e. The number of hydrogen-bond acceptors (Lipinski definition) is 6. The van der Waals surface area contributed by atoms with Gasteiger partial charge in [0, 0.05) is 24.2 Å². The van der Waals surface area contributed by atoms with Crippen LogP contribution in [0.5, 0.6) is 23.0 Å². The van der Waals surface area contributed by atoms with Crippen LogP contribution in [-0.4, -0.2) is 40.8 Å². The number of carbonyl (C=O) groups is 1. The second kappa shape index (κ2) is 9.19. The van der Waals surface area contributed by atoms with Crippen LogP contribution in [0, 0.1) is 0 Å². The Kier molecular flexibility index (Phi) is 6.44. The fourth-order valence-corrected chi connectivity index (χ4v) is 3.20. The van der Waals surface area contributed by atoms with Gasteiger partial charge in [0.15, 0.2) is 28.8 Å². The summed E-state index contributed by atoms with van der Waals surface area (Å²) < 4.78 is 21.3. The van der Waals surface area contributed by atoms with Gasteiger partial charge in [0.25, 0.3) is 0 Å². The number of hydrogen-bond donors (Lipinski definition) is 1. The molecule has 0 atom stereocenters. The van der Waals surface area contributed by atoms with E-state index in [-0.39, 0.29) is 5.78 Å². The Bertz CT molecular complexity index is 962. The zero-order chi connectivity index (χ0) is 20.8. The maximum atomic E-state index is 12.7. The van der Waals surface area contributed by atoms with Gasteiger partial charge in [0.1, 0.15) is 0 Å². The topological polar surface area (TPSA) is 66.0 Å². The zero-order valence-electron chi connectivity index (χ0n) is 17.1. The van der Waals surface area contributed by atoms with E-state index in [1.54, 1.807) is 28.4 Å². The molecule has 1 saturated heterocycles. The minimum absolute atomic E-state index is 0.0882. The number of benzene rings is 2. The van der Waals surface area contributed by atoms with Crippen LogP contribution in [0.15, 0.2) is 47.7 Å². The highest BCUT2D eigenvalue weighted by molar-refractivity contribution is 6.05. The first-order valence-electron chi connectivity index (χ1n) is 9.24. The molecule has 0 spiro atoms. The van der Waals surface area contributed by atoms with Crippen molar-refractivity contribution in [2.75, 3.05) is 35.0 Å². The third-order valence-electron chi connectivity index (χ3n) is 4.70. The molecule has 1 fully saturated rings. The molecule has 2 aromatic carbocycles. The van der Waals surface area contributed by atoms with E-state index in [0.717, 1.165) is 16.8 Å². The summed E-state index contributed by atoms with van der Waals surface area (Å²) in [5.41, 5.74) is 3.15. The molecule has 0 aliphatic carbocycles. The minimum Gasteiger partial charge on any atom is -0.493 e. The lowest BCUT2D eigenvalue weighted by molar-refractivity contribution is -0.115. The van der Waals surface area contributed by atoms with Gasteiger partial charge in [-0.3, -0.25) is 4.79 Å². The number of nitrogens with one attached hydrogen (secondary N) is 1. The van der Waals surface area contributed by atoms with Crippen molar-refractivity contribution in [3.05, 3.63) is 58.8 Å². The Morgan fingerprint density at radius 1 is 0.759 bits per heavy atom. The quantitative estimate of drug-likeness (QED) is 0.753. The summed E-state index contributed by atoms with van der Waals surface area (Å²) in [5, 5.41) is 3.33. The van der Waals surface area contributed by atoms with Crippen LogP contribution in [0.2, 0.25) is 0 Å². The lowest BCUT2D eigenvalue weighted by Crippen LogP contribution is -2.28. The Hall–Kier alpha value is -3.41. The third-order valence-corrected chi connectivity index (χ3v) is 4.70. The Morgan fingerprint density at radius 2 is 1.28 bits per heavy atom. The lowest BCUT2D eigenvalue weighted by atomic mass is 9.96. The summed E-state index contributed by atoms with van der Waals surface area (Å²) in [6, 6.07) is 11.2. The summed E-state index contributed by atoms with van der Waals surface area (Å²) >= 11 is 0. The molecule has 1 aliphatic rings. The third kappa shape index (κ3) is 4.54. The first-order valence-corrected chi connectivity index (χ1v) is 9.24. The zero-order valence-corrected chi connectivity index (χ0v) is 17.1. The molecule has 6 heteroatoms. The van der Waals surface area contributed by atoms with Gasteiger partial charge >= 0.3 is 0 Å². The van der Waals surface area contributed by atoms with Crippen molar-refractivity contribution in [2.24, 2.45) is 0 Å². The number of piperidine rings is 1. The summed E-state index contributed by atoms with van der Waals surface area (Å²) in [7, 11) is 6.37. The van der Waals surface area contributed by atoms with E-state index in [9.17, 15) is 4.79 Å². The molecule has 0 amide bonds. The molecule has 29 heavy (non-hydrogen) atoms. The molecule has 152 valence electrons. The summed E-state index contributed by atoms with van der Waals surface area (Å²) in [6.45, 7) is 0.598.